The van der Waals surface area contributed by atoms with E-state index in [9.17, 15) is 0 Å². The Morgan fingerprint density at radius 2 is 1.71 bits per heavy atom. The summed E-state index contributed by atoms with van der Waals surface area (Å²) in [6.07, 6.45) is 4.14. The van der Waals surface area contributed by atoms with Gasteiger partial charge in [-0.15, -0.1) is 23.6 Å². The Kier molecular flexibility index (Phi) is 4.33. The molecule has 0 saturated heterocycles. The summed E-state index contributed by atoms with van der Waals surface area (Å²) in [6.45, 7) is 8.56. The topological polar surface area (TPSA) is 17.3 Å². The van der Waals surface area contributed by atoms with E-state index in [2.05, 4.69) is 72.9 Å². The van der Waals surface area contributed by atoms with Crippen molar-refractivity contribution in [1.29, 1.82) is 0 Å². The van der Waals surface area contributed by atoms with E-state index in [1.54, 1.807) is 0 Å². The number of fused-ring (bicyclic) bond motifs is 3. The summed E-state index contributed by atoms with van der Waals surface area (Å²) in [5.74, 6) is 0. The van der Waals surface area contributed by atoms with Crippen LogP contribution in [0.3, 0.4) is 0 Å². The molecule has 0 fully saturated rings. The van der Waals surface area contributed by atoms with Crippen LogP contribution in [0.5, 0.6) is 0 Å². The first kappa shape index (κ1) is 16.9. The van der Waals surface area contributed by atoms with Crippen molar-refractivity contribution in [3.63, 3.8) is 0 Å². The Morgan fingerprint density at radius 3 is 2.42 bits per heavy atom. The van der Waals surface area contributed by atoms with Crippen molar-refractivity contribution >= 4 is 16.4 Å². The van der Waals surface area contributed by atoms with Crippen LogP contribution in [-0.4, -0.2) is 9.38 Å². The van der Waals surface area contributed by atoms with E-state index in [1.807, 2.05) is 13.0 Å². The molecule has 0 N–H and O–H groups in total. The minimum Gasteiger partial charge on any atom is -0.347 e. The molecule has 0 aliphatic rings. The van der Waals surface area contributed by atoms with E-state index < -0.39 is 0 Å². The molecule has 3 heteroatoms. The molecule has 2 nitrogen and oxygen atoms in total. The van der Waals surface area contributed by atoms with Gasteiger partial charge in [-0.05, 0) is 50.6 Å². The Morgan fingerprint density at radius 1 is 1.00 bits per heavy atom. The van der Waals surface area contributed by atoms with Gasteiger partial charge in [0.1, 0.15) is 0 Å². The molecule has 0 spiro atoms. The first-order valence-electron chi connectivity index (χ1n) is 7.91. The molecule has 0 atom stereocenters. The van der Waals surface area contributed by atoms with Crippen LogP contribution >= 0.6 is 0 Å². The summed E-state index contributed by atoms with van der Waals surface area (Å²) >= 11 is 0. The summed E-state index contributed by atoms with van der Waals surface area (Å²) in [4.78, 5) is 4.67. The third-order valence-electron chi connectivity index (χ3n) is 4.46. The monoisotopic (exact) mass is 492 g/mol. The molecular formula is C21H19IrN2-. The molecule has 4 rings (SSSR count). The number of nitrogens with zero attached hydrogens (tertiary/aromatic N) is 2. The number of hydrogen-bond acceptors (Lipinski definition) is 1. The average Bonchev–Trinajstić information content (AvgIpc) is 2.87. The Hall–Kier alpha value is -1.96. The average molecular weight is 492 g/mol. The zero-order valence-corrected chi connectivity index (χ0v) is 16.7. The molecule has 0 aliphatic carbocycles. The maximum atomic E-state index is 4.67. The zero-order valence-electron chi connectivity index (χ0n) is 14.3. The van der Waals surface area contributed by atoms with Crippen LogP contribution in [-0.2, 0) is 20.1 Å². The van der Waals surface area contributed by atoms with E-state index in [-0.39, 0.29) is 20.1 Å². The van der Waals surface area contributed by atoms with Gasteiger partial charge in [-0.3, -0.25) is 4.98 Å². The predicted octanol–water partition coefficient (Wildman–Crippen LogP) is 5.19. The van der Waals surface area contributed by atoms with Crippen molar-refractivity contribution < 1.29 is 20.1 Å². The van der Waals surface area contributed by atoms with Gasteiger partial charge in [-0.2, -0.15) is 0 Å². The molecule has 0 saturated carbocycles. The predicted molar refractivity (Wildman–Crippen MR) is 95.9 cm³/mol. The van der Waals surface area contributed by atoms with E-state index in [0.717, 1.165) is 16.7 Å². The number of pyridine rings is 1. The van der Waals surface area contributed by atoms with Crippen molar-refractivity contribution in [2.24, 2.45) is 0 Å². The van der Waals surface area contributed by atoms with Gasteiger partial charge in [0, 0.05) is 32.0 Å². The molecule has 2 aromatic heterocycles. The van der Waals surface area contributed by atoms with Gasteiger partial charge in [0.05, 0.1) is 5.65 Å². The molecule has 2 aromatic carbocycles. The SMILES string of the molecule is Cc1cc(C)c(-c2cc[c-]c3c2ccn2cc(C)nc32)c(C)c1.[Ir]. The Balaban J connectivity index is 0.00000169. The molecule has 123 valence electrons. The Bertz CT molecular complexity index is 1040. The fourth-order valence-corrected chi connectivity index (χ4v) is 3.66. The van der Waals surface area contributed by atoms with Crippen molar-refractivity contribution in [1.82, 2.24) is 9.38 Å². The number of aromatic nitrogens is 2. The molecule has 0 bridgehead atoms. The molecule has 0 unspecified atom stereocenters. The maximum absolute atomic E-state index is 4.67. The second-order valence-corrected chi connectivity index (χ2v) is 6.38. The number of rotatable bonds is 1. The molecule has 2 heterocycles. The number of aryl methyl sites for hydroxylation is 4. The number of hydrogen-bond donors (Lipinski definition) is 0. The van der Waals surface area contributed by atoms with Gasteiger partial charge in [-0.25, -0.2) is 0 Å². The van der Waals surface area contributed by atoms with Gasteiger partial charge in [0.2, 0.25) is 0 Å². The number of imidazole rings is 1. The van der Waals surface area contributed by atoms with Crippen LogP contribution in [0.1, 0.15) is 22.4 Å². The largest absolute Gasteiger partial charge is 0.347 e. The summed E-state index contributed by atoms with van der Waals surface area (Å²) in [6, 6.07) is 14.2. The minimum atomic E-state index is 0. The smallest absolute Gasteiger partial charge is 0.0607 e. The summed E-state index contributed by atoms with van der Waals surface area (Å²) in [7, 11) is 0. The zero-order chi connectivity index (χ0) is 16.1. The summed E-state index contributed by atoms with van der Waals surface area (Å²) < 4.78 is 2.08. The van der Waals surface area contributed by atoms with Gasteiger partial charge in [-0.1, -0.05) is 34.7 Å². The second-order valence-electron chi connectivity index (χ2n) is 6.38. The van der Waals surface area contributed by atoms with Crippen molar-refractivity contribution in [3.8, 4) is 11.1 Å². The second kappa shape index (κ2) is 6.16. The first-order valence-corrected chi connectivity index (χ1v) is 7.91. The molecule has 24 heavy (non-hydrogen) atoms. The van der Waals surface area contributed by atoms with E-state index in [0.29, 0.717) is 0 Å². The number of benzene rings is 2. The summed E-state index contributed by atoms with van der Waals surface area (Å²) in [5.41, 5.74) is 8.52. The van der Waals surface area contributed by atoms with Crippen LogP contribution in [0.25, 0.3) is 27.5 Å². The van der Waals surface area contributed by atoms with Gasteiger partial charge in [0.15, 0.2) is 0 Å². The third kappa shape index (κ3) is 2.58. The minimum absolute atomic E-state index is 0. The van der Waals surface area contributed by atoms with E-state index in [1.165, 1.54) is 33.2 Å². The fraction of sp³-hybridized carbons (Fsp3) is 0.190. The quantitative estimate of drug-likeness (QED) is 0.335. The van der Waals surface area contributed by atoms with Gasteiger partial charge in [0.25, 0.3) is 0 Å². The standard InChI is InChI=1S/C21H19N2.Ir/c1-13-10-14(2)20(15(3)11-13)18-6-5-7-19-17(18)8-9-23-12-16(4)22-21(19)23;/h5-6,8-12H,1-4H3;/q-1;. The van der Waals surface area contributed by atoms with Crippen LogP contribution in [0.4, 0.5) is 0 Å². The van der Waals surface area contributed by atoms with E-state index in [4.69, 9.17) is 0 Å². The summed E-state index contributed by atoms with van der Waals surface area (Å²) in [5, 5.41) is 2.29. The molecular weight excluding hydrogens is 472 g/mol. The van der Waals surface area contributed by atoms with E-state index >= 15 is 0 Å². The fourth-order valence-electron chi connectivity index (χ4n) is 3.66. The first-order chi connectivity index (χ1) is 11.0. The molecule has 0 aliphatic heterocycles. The molecule has 4 aromatic rings. The van der Waals surface area contributed by atoms with Crippen LogP contribution in [0, 0.1) is 33.8 Å². The van der Waals surface area contributed by atoms with Crippen molar-refractivity contribution in [2.75, 3.05) is 0 Å². The van der Waals surface area contributed by atoms with Gasteiger partial charge < -0.3 is 4.40 Å². The van der Waals surface area contributed by atoms with Crippen LogP contribution in [0.15, 0.2) is 42.7 Å². The van der Waals surface area contributed by atoms with Crippen molar-refractivity contribution in [3.05, 3.63) is 71.2 Å². The van der Waals surface area contributed by atoms with Gasteiger partial charge >= 0.3 is 0 Å². The normalized spacial score (nSPS) is 11.0. The third-order valence-corrected chi connectivity index (χ3v) is 4.46. The molecule has 0 amide bonds. The van der Waals surface area contributed by atoms with Crippen LogP contribution < -0.4 is 0 Å². The molecule has 1 radical (unpaired) electrons. The maximum Gasteiger partial charge on any atom is 0.0607 e. The van der Waals surface area contributed by atoms with Crippen LogP contribution in [0.2, 0.25) is 0 Å². The van der Waals surface area contributed by atoms with Crippen molar-refractivity contribution in [2.45, 2.75) is 27.7 Å². The Labute approximate surface area is 155 Å².